The van der Waals surface area contributed by atoms with Gasteiger partial charge in [0.05, 0.1) is 0 Å². The average molecular weight is 300 g/mol. The van der Waals surface area contributed by atoms with Gasteiger partial charge in [0, 0.05) is 0 Å². The molecule has 0 saturated carbocycles. The van der Waals surface area contributed by atoms with Crippen molar-refractivity contribution >= 4 is 0 Å². The van der Waals surface area contributed by atoms with Crippen molar-refractivity contribution in [2.45, 2.75) is 19.9 Å². The van der Waals surface area contributed by atoms with Gasteiger partial charge in [0.15, 0.2) is 0 Å². The highest BCUT2D eigenvalue weighted by atomic mass is 19.4. The summed E-state index contributed by atoms with van der Waals surface area (Å²) in [4.78, 5) is 0. The van der Waals surface area contributed by atoms with Gasteiger partial charge in [0.2, 0.25) is 0 Å². The summed E-state index contributed by atoms with van der Waals surface area (Å²) in [6.07, 6.45) is -4.71. The van der Waals surface area contributed by atoms with E-state index in [1.54, 1.807) is 6.92 Å². The third-order valence-electron chi connectivity index (χ3n) is 2.69. The fourth-order valence-corrected chi connectivity index (χ4v) is 1.72. The van der Waals surface area contributed by atoms with Gasteiger partial charge in [-0.15, -0.1) is 13.2 Å². The van der Waals surface area contributed by atoms with Crippen molar-refractivity contribution in [3.8, 4) is 11.5 Å². The molecule has 0 saturated heterocycles. The van der Waals surface area contributed by atoms with Crippen LogP contribution in [0.15, 0.2) is 42.5 Å². The van der Waals surface area contributed by atoms with Gasteiger partial charge in [-0.2, -0.15) is 0 Å². The van der Waals surface area contributed by atoms with E-state index in [0.29, 0.717) is 16.9 Å². The third kappa shape index (κ3) is 4.66. The predicted octanol–water partition coefficient (Wildman–Crippen LogP) is 4.61. The molecule has 2 aromatic carbocycles. The van der Waals surface area contributed by atoms with Gasteiger partial charge < -0.3 is 9.47 Å². The van der Waals surface area contributed by atoms with Gasteiger partial charge in [0.25, 0.3) is 0 Å². The molecule has 0 radical (unpaired) electrons. The Kier molecular flexibility index (Phi) is 4.35. The molecular weight excluding hydrogens is 288 g/mol. The van der Waals surface area contributed by atoms with E-state index in [9.17, 15) is 17.6 Å². The molecule has 0 aliphatic heterocycles. The number of hydrogen-bond acceptors (Lipinski definition) is 2. The topological polar surface area (TPSA) is 18.5 Å². The summed E-state index contributed by atoms with van der Waals surface area (Å²) in [5.74, 6) is -0.121. The van der Waals surface area contributed by atoms with Crippen LogP contribution in [0.4, 0.5) is 17.6 Å². The SMILES string of the molecule is Cc1cc(F)ccc1OCc1ccc(OC(F)(F)F)cc1. The average Bonchev–Trinajstić information content (AvgIpc) is 2.38. The first-order valence-electron chi connectivity index (χ1n) is 6.07. The molecule has 0 aliphatic carbocycles. The van der Waals surface area contributed by atoms with Crippen molar-refractivity contribution in [2.24, 2.45) is 0 Å². The van der Waals surface area contributed by atoms with Crippen LogP contribution in [0.3, 0.4) is 0 Å². The lowest BCUT2D eigenvalue weighted by Crippen LogP contribution is -2.17. The smallest absolute Gasteiger partial charge is 0.489 e. The molecule has 0 amide bonds. The van der Waals surface area contributed by atoms with Crippen molar-refractivity contribution in [3.05, 3.63) is 59.4 Å². The predicted molar refractivity (Wildman–Crippen MR) is 68.6 cm³/mol. The second kappa shape index (κ2) is 6.03. The van der Waals surface area contributed by atoms with Gasteiger partial charge in [0.1, 0.15) is 23.9 Å². The second-order valence-electron chi connectivity index (χ2n) is 4.39. The van der Waals surface area contributed by atoms with Crippen LogP contribution in [-0.4, -0.2) is 6.36 Å². The Labute approximate surface area is 118 Å². The normalized spacial score (nSPS) is 11.3. The molecule has 2 nitrogen and oxygen atoms in total. The van der Waals surface area contributed by atoms with Gasteiger partial charge >= 0.3 is 6.36 Å². The quantitative estimate of drug-likeness (QED) is 0.768. The molecule has 0 atom stereocenters. The first-order valence-corrected chi connectivity index (χ1v) is 6.07. The molecule has 0 bridgehead atoms. The van der Waals surface area contributed by atoms with Gasteiger partial charge in [-0.25, -0.2) is 4.39 Å². The molecule has 6 heteroatoms. The van der Waals surface area contributed by atoms with Crippen LogP contribution >= 0.6 is 0 Å². The van der Waals surface area contributed by atoms with E-state index in [2.05, 4.69) is 4.74 Å². The molecule has 2 rings (SSSR count). The molecule has 0 aliphatic rings. The highest BCUT2D eigenvalue weighted by molar-refractivity contribution is 5.33. The lowest BCUT2D eigenvalue weighted by atomic mass is 10.2. The molecule has 0 fully saturated rings. The highest BCUT2D eigenvalue weighted by Crippen LogP contribution is 2.24. The van der Waals surface area contributed by atoms with E-state index in [4.69, 9.17) is 4.74 Å². The maximum Gasteiger partial charge on any atom is 0.573 e. The number of aryl methyl sites for hydroxylation is 1. The number of halogens is 4. The number of rotatable bonds is 4. The Hall–Kier alpha value is -2.24. The van der Waals surface area contributed by atoms with E-state index in [0.717, 1.165) is 0 Å². The fourth-order valence-electron chi connectivity index (χ4n) is 1.72. The van der Waals surface area contributed by atoms with Gasteiger partial charge in [-0.05, 0) is 48.4 Å². The zero-order valence-corrected chi connectivity index (χ0v) is 11.1. The Morgan fingerprint density at radius 3 is 2.24 bits per heavy atom. The lowest BCUT2D eigenvalue weighted by Gasteiger charge is -2.11. The number of hydrogen-bond donors (Lipinski definition) is 0. The molecule has 2 aromatic rings. The first kappa shape index (κ1) is 15.2. The van der Waals surface area contributed by atoms with Crippen molar-refractivity contribution in [3.63, 3.8) is 0 Å². The Morgan fingerprint density at radius 1 is 1.00 bits per heavy atom. The van der Waals surface area contributed by atoms with Crippen LogP contribution in [0.1, 0.15) is 11.1 Å². The van der Waals surface area contributed by atoms with Crippen molar-refractivity contribution < 1.29 is 27.0 Å². The van der Waals surface area contributed by atoms with Gasteiger partial charge in [-0.3, -0.25) is 0 Å². The lowest BCUT2D eigenvalue weighted by molar-refractivity contribution is -0.274. The summed E-state index contributed by atoms with van der Waals surface area (Å²) in [5.41, 5.74) is 1.32. The van der Waals surface area contributed by atoms with Crippen LogP contribution in [0.5, 0.6) is 11.5 Å². The molecule has 112 valence electrons. The molecule has 0 spiro atoms. The highest BCUT2D eigenvalue weighted by Gasteiger charge is 2.30. The summed E-state index contributed by atoms with van der Waals surface area (Å²) in [6, 6.07) is 9.50. The zero-order chi connectivity index (χ0) is 15.5. The third-order valence-corrected chi connectivity index (χ3v) is 2.69. The Morgan fingerprint density at radius 2 is 1.67 bits per heavy atom. The summed E-state index contributed by atoms with van der Waals surface area (Å²) in [5, 5.41) is 0. The fraction of sp³-hybridized carbons (Fsp3) is 0.200. The summed E-state index contributed by atoms with van der Waals surface area (Å²) in [6.45, 7) is 1.87. The minimum Gasteiger partial charge on any atom is -0.489 e. The standard InChI is InChI=1S/C15H12F4O2/c1-10-8-12(16)4-7-14(10)20-9-11-2-5-13(6-3-11)21-15(17,18)19/h2-8H,9H2,1H3. The van der Waals surface area contributed by atoms with Gasteiger partial charge in [-0.1, -0.05) is 12.1 Å². The van der Waals surface area contributed by atoms with E-state index < -0.39 is 6.36 Å². The molecule has 0 N–H and O–H groups in total. The van der Waals surface area contributed by atoms with Crippen molar-refractivity contribution in [1.29, 1.82) is 0 Å². The summed E-state index contributed by atoms with van der Waals surface area (Å²) >= 11 is 0. The number of benzene rings is 2. The molecular formula is C15H12F4O2. The van der Waals surface area contributed by atoms with E-state index in [1.807, 2.05) is 0 Å². The van der Waals surface area contributed by atoms with E-state index in [1.165, 1.54) is 42.5 Å². The number of alkyl halides is 3. The molecule has 0 heterocycles. The van der Waals surface area contributed by atoms with Crippen molar-refractivity contribution in [2.75, 3.05) is 0 Å². The van der Waals surface area contributed by atoms with Crippen LogP contribution in [0.2, 0.25) is 0 Å². The van der Waals surface area contributed by atoms with Crippen LogP contribution in [0.25, 0.3) is 0 Å². The van der Waals surface area contributed by atoms with Crippen LogP contribution < -0.4 is 9.47 Å². The van der Waals surface area contributed by atoms with Crippen molar-refractivity contribution in [1.82, 2.24) is 0 Å². The second-order valence-corrected chi connectivity index (χ2v) is 4.39. The minimum absolute atomic E-state index is 0.165. The zero-order valence-electron chi connectivity index (χ0n) is 11.1. The van der Waals surface area contributed by atoms with Crippen LogP contribution in [-0.2, 0) is 6.61 Å². The Balaban J connectivity index is 1.97. The summed E-state index contributed by atoms with van der Waals surface area (Å²) < 4.78 is 58.2. The monoisotopic (exact) mass is 300 g/mol. The first-order chi connectivity index (χ1) is 9.83. The largest absolute Gasteiger partial charge is 0.573 e. The Bertz CT molecular complexity index is 606. The molecule has 0 aromatic heterocycles. The molecule has 21 heavy (non-hydrogen) atoms. The van der Waals surface area contributed by atoms with E-state index in [-0.39, 0.29) is 18.2 Å². The number of ether oxygens (including phenoxy) is 2. The van der Waals surface area contributed by atoms with E-state index >= 15 is 0 Å². The molecule has 0 unspecified atom stereocenters. The van der Waals surface area contributed by atoms with Crippen LogP contribution in [0, 0.1) is 12.7 Å². The summed E-state index contributed by atoms with van der Waals surface area (Å²) in [7, 11) is 0. The maximum atomic E-state index is 12.9. The maximum absolute atomic E-state index is 12.9. The minimum atomic E-state index is -4.71.